The Bertz CT molecular complexity index is 310. The summed E-state index contributed by atoms with van der Waals surface area (Å²) < 4.78 is 5.36. The summed E-state index contributed by atoms with van der Waals surface area (Å²) >= 11 is 0. The van der Waals surface area contributed by atoms with Crippen LogP contribution in [0.5, 0.6) is 0 Å². The zero-order valence-electron chi connectivity index (χ0n) is 11.8. The van der Waals surface area contributed by atoms with Crippen molar-refractivity contribution in [1.29, 1.82) is 0 Å². The highest BCUT2D eigenvalue weighted by Crippen LogP contribution is 2.15. The maximum absolute atomic E-state index is 12.0. The Hall–Kier alpha value is -1.26. The summed E-state index contributed by atoms with van der Waals surface area (Å²) in [6.45, 7) is 8.30. The normalized spacial score (nSPS) is 21.1. The van der Waals surface area contributed by atoms with Gasteiger partial charge in [-0.2, -0.15) is 0 Å². The standard InChI is InChI=1S/C13H24N2O3/c1-10(16)14-11-7-5-6-8-15(9-11)12(17)18-13(2,3)4/h11H,5-9H2,1-4H3,(H,14,16). The van der Waals surface area contributed by atoms with Crippen LogP contribution < -0.4 is 5.32 Å². The van der Waals surface area contributed by atoms with Gasteiger partial charge in [-0.15, -0.1) is 0 Å². The van der Waals surface area contributed by atoms with E-state index in [9.17, 15) is 9.59 Å². The van der Waals surface area contributed by atoms with Crippen molar-refractivity contribution in [3.8, 4) is 0 Å². The molecule has 1 aliphatic heterocycles. The molecular formula is C13H24N2O3. The van der Waals surface area contributed by atoms with Gasteiger partial charge < -0.3 is 15.0 Å². The molecular weight excluding hydrogens is 232 g/mol. The largest absolute Gasteiger partial charge is 0.444 e. The number of likely N-dealkylation sites (tertiary alicyclic amines) is 1. The first-order chi connectivity index (χ1) is 8.28. The lowest BCUT2D eigenvalue weighted by atomic mass is 10.1. The van der Waals surface area contributed by atoms with E-state index in [1.807, 2.05) is 20.8 Å². The summed E-state index contributed by atoms with van der Waals surface area (Å²) in [5.41, 5.74) is -0.479. The van der Waals surface area contributed by atoms with Crippen molar-refractivity contribution in [2.75, 3.05) is 13.1 Å². The zero-order valence-corrected chi connectivity index (χ0v) is 11.8. The Kier molecular flexibility index (Phi) is 4.99. The lowest BCUT2D eigenvalue weighted by Crippen LogP contribution is -2.45. The average Bonchev–Trinajstić information content (AvgIpc) is 2.39. The Morgan fingerprint density at radius 3 is 2.50 bits per heavy atom. The van der Waals surface area contributed by atoms with Crippen molar-refractivity contribution in [3.05, 3.63) is 0 Å². The molecule has 0 saturated carbocycles. The van der Waals surface area contributed by atoms with Gasteiger partial charge in [0.2, 0.25) is 5.91 Å². The zero-order chi connectivity index (χ0) is 13.8. The number of carbonyl (C=O) groups excluding carboxylic acids is 2. The predicted molar refractivity (Wildman–Crippen MR) is 69.3 cm³/mol. The van der Waals surface area contributed by atoms with Crippen molar-refractivity contribution >= 4 is 12.0 Å². The molecule has 0 aromatic carbocycles. The first-order valence-corrected chi connectivity index (χ1v) is 6.53. The molecule has 5 nitrogen and oxygen atoms in total. The molecule has 1 N–H and O–H groups in total. The molecule has 1 saturated heterocycles. The first kappa shape index (κ1) is 14.8. The minimum Gasteiger partial charge on any atom is -0.444 e. The second kappa shape index (κ2) is 6.07. The molecule has 0 aliphatic carbocycles. The molecule has 1 rings (SSSR count). The molecule has 1 unspecified atom stereocenters. The Balaban J connectivity index is 2.58. The third kappa shape index (κ3) is 5.38. The van der Waals surface area contributed by atoms with Gasteiger partial charge in [-0.3, -0.25) is 4.79 Å². The topological polar surface area (TPSA) is 58.6 Å². The molecule has 0 bridgehead atoms. The van der Waals surface area contributed by atoms with Crippen LogP contribution in [0.4, 0.5) is 4.79 Å². The summed E-state index contributed by atoms with van der Waals surface area (Å²) in [6.07, 6.45) is 2.60. The van der Waals surface area contributed by atoms with Crippen LogP contribution in [0, 0.1) is 0 Å². The molecule has 1 heterocycles. The van der Waals surface area contributed by atoms with Crippen molar-refractivity contribution in [1.82, 2.24) is 10.2 Å². The van der Waals surface area contributed by atoms with Crippen LogP contribution in [-0.2, 0) is 9.53 Å². The van der Waals surface area contributed by atoms with E-state index in [1.54, 1.807) is 4.90 Å². The summed E-state index contributed by atoms with van der Waals surface area (Å²) in [6, 6.07) is 0.0394. The molecule has 1 fully saturated rings. The van der Waals surface area contributed by atoms with E-state index in [0.29, 0.717) is 13.1 Å². The van der Waals surface area contributed by atoms with E-state index in [2.05, 4.69) is 5.32 Å². The van der Waals surface area contributed by atoms with E-state index >= 15 is 0 Å². The van der Waals surface area contributed by atoms with Crippen molar-refractivity contribution in [2.24, 2.45) is 0 Å². The Morgan fingerprint density at radius 2 is 1.94 bits per heavy atom. The van der Waals surface area contributed by atoms with Crippen molar-refractivity contribution in [3.63, 3.8) is 0 Å². The minimum absolute atomic E-state index is 0.0394. The highest BCUT2D eigenvalue weighted by atomic mass is 16.6. The third-order valence-electron chi connectivity index (χ3n) is 2.73. The number of rotatable bonds is 1. The molecule has 5 heteroatoms. The molecule has 0 spiro atoms. The Morgan fingerprint density at radius 1 is 1.28 bits per heavy atom. The number of amides is 2. The van der Waals surface area contributed by atoms with Gasteiger partial charge in [0.15, 0.2) is 0 Å². The predicted octanol–water partition coefficient (Wildman–Crippen LogP) is 1.91. The Labute approximate surface area is 109 Å². The highest BCUT2D eigenvalue weighted by molar-refractivity contribution is 5.73. The number of hydrogen-bond acceptors (Lipinski definition) is 3. The SMILES string of the molecule is CC(=O)NC1CCCCN(C(=O)OC(C)(C)C)C1. The van der Waals surface area contributed by atoms with Gasteiger partial charge in [0.25, 0.3) is 0 Å². The first-order valence-electron chi connectivity index (χ1n) is 6.53. The fourth-order valence-corrected chi connectivity index (χ4v) is 2.04. The molecule has 104 valence electrons. The summed E-state index contributed by atoms with van der Waals surface area (Å²) in [5.74, 6) is -0.0500. The van der Waals surface area contributed by atoms with Gasteiger partial charge in [-0.25, -0.2) is 4.79 Å². The molecule has 1 atom stereocenters. The lowest BCUT2D eigenvalue weighted by Gasteiger charge is -2.28. The molecule has 0 aromatic heterocycles. The summed E-state index contributed by atoms with van der Waals surface area (Å²) in [4.78, 5) is 24.8. The third-order valence-corrected chi connectivity index (χ3v) is 2.73. The van der Waals surface area contributed by atoms with E-state index in [1.165, 1.54) is 6.92 Å². The van der Waals surface area contributed by atoms with Gasteiger partial charge in [0, 0.05) is 26.1 Å². The number of nitrogens with one attached hydrogen (secondary N) is 1. The number of ether oxygens (including phenoxy) is 1. The molecule has 1 aliphatic rings. The fraction of sp³-hybridized carbons (Fsp3) is 0.846. The van der Waals surface area contributed by atoms with Crippen LogP contribution >= 0.6 is 0 Å². The average molecular weight is 256 g/mol. The second-order valence-electron chi connectivity index (χ2n) is 5.82. The lowest BCUT2D eigenvalue weighted by molar-refractivity contribution is -0.119. The van der Waals surface area contributed by atoms with Crippen LogP contribution in [0.1, 0.15) is 47.0 Å². The van der Waals surface area contributed by atoms with Gasteiger partial charge in [0.05, 0.1) is 0 Å². The molecule has 2 amide bonds. The second-order valence-corrected chi connectivity index (χ2v) is 5.82. The van der Waals surface area contributed by atoms with E-state index in [4.69, 9.17) is 4.74 Å². The van der Waals surface area contributed by atoms with Crippen LogP contribution in [0.2, 0.25) is 0 Å². The monoisotopic (exact) mass is 256 g/mol. The number of carbonyl (C=O) groups is 2. The van der Waals surface area contributed by atoms with E-state index < -0.39 is 5.60 Å². The fourth-order valence-electron chi connectivity index (χ4n) is 2.04. The summed E-state index contributed by atoms with van der Waals surface area (Å²) in [5, 5.41) is 2.88. The highest BCUT2D eigenvalue weighted by Gasteiger charge is 2.26. The van der Waals surface area contributed by atoms with Crippen molar-refractivity contribution in [2.45, 2.75) is 58.6 Å². The van der Waals surface area contributed by atoms with Crippen molar-refractivity contribution < 1.29 is 14.3 Å². The molecule has 18 heavy (non-hydrogen) atoms. The van der Waals surface area contributed by atoms with Gasteiger partial charge >= 0.3 is 6.09 Å². The smallest absolute Gasteiger partial charge is 0.410 e. The van der Waals surface area contributed by atoms with Crippen LogP contribution in [-0.4, -0.2) is 41.6 Å². The van der Waals surface area contributed by atoms with Crippen LogP contribution in [0.3, 0.4) is 0 Å². The maximum Gasteiger partial charge on any atom is 0.410 e. The van der Waals surface area contributed by atoms with E-state index in [0.717, 1.165) is 19.3 Å². The van der Waals surface area contributed by atoms with E-state index in [-0.39, 0.29) is 18.0 Å². The van der Waals surface area contributed by atoms with Gasteiger partial charge in [0.1, 0.15) is 5.60 Å². The van der Waals surface area contributed by atoms with Crippen LogP contribution in [0.15, 0.2) is 0 Å². The quantitative estimate of drug-likeness (QED) is 0.779. The number of nitrogens with zero attached hydrogens (tertiary/aromatic N) is 1. The van der Waals surface area contributed by atoms with Gasteiger partial charge in [-0.05, 0) is 40.0 Å². The van der Waals surface area contributed by atoms with Gasteiger partial charge in [-0.1, -0.05) is 0 Å². The number of hydrogen-bond donors (Lipinski definition) is 1. The van der Waals surface area contributed by atoms with Crippen LogP contribution in [0.25, 0.3) is 0 Å². The molecule has 0 radical (unpaired) electrons. The minimum atomic E-state index is -0.479. The summed E-state index contributed by atoms with van der Waals surface area (Å²) in [7, 11) is 0. The molecule has 0 aromatic rings. The maximum atomic E-state index is 12.0.